The fourth-order valence-electron chi connectivity index (χ4n) is 4.01. The number of hydrogen-bond donors (Lipinski definition) is 0. The monoisotopic (exact) mass is 386 g/mol. The minimum Gasteiger partial charge on any atom is -0.478 e. The zero-order valence-electron chi connectivity index (χ0n) is 17.1. The fourth-order valence-corrected chi connectivity index (χ4v) is 4.01. The Morgan fingerprint density at radius 1 is 1.36 bits per heavy atom. The molecule has 0 bridgehead atoms. The maximum absolute atomic E-state index is 12.1. The van der Waals surface area contributed by atoms with Gasteiger partial charge in [-0.25, -0.2) is 9.78 Å². The molecule has 0 N–H and O–H groups in total. The first kappa shape index (κ1) is 20.4. The largest absolute Gasteiger partial charge is 0.478 e. The average Bonchev–Trinajstić information content (AvgIpc) is 3.45. The Balaban J connectivity index is 1.35. The van der Waals surface area contributed by atoms with Gasteiger partial charge in [0.25, 0.3) is 0 Å². The van der Waals surface area contributed by atoms with E-state index in [1.54, 1.807) is 13.0 Å². The molecule has 0 spiro atoms. The van der Waals surface area contributed by atoms with Crippen LogP contribution in [0.5, 0.6) is 5.88 Å². The van der Waals surface area contributed by atoms with E-state index in [0.29, 0.717) is 48.4 Å². The zero-order valence-corrected chi connectivity index (χ0v) is 17.1. The topological polar surface area (TPSA) is 88.3 Å². The Kier molecular flexibility index (Phi) is 6.71. The normalized spacial score (nSPS) is 22.0. The highest BCUT2D eigenvalue weighted by atomic mass is 16.6. The van der Waals surface area contributed by atoms with E-state index >= 15 is 0 Å². The Labute approximate surface area is 167 Å². The Morgan fingerprint density at radius 2 is 2.11 bits per heavy atom. The number of amides is 1. The molecule has 28 heavy (non-hydrogen) atoms. The van der Waals surface area contributed by atoms with Crippen molar-refractivity contribution in [1.82, 2.24) is 14.9 Å². The molecule has 1 aliphatic carbocycles. The molecule has 152 valence electrons. The predicted octanol–water partition coefficient (Wildman–Crippen LogP) is 3.57. The first-order valence-corrected chi connectivity index (χ1v) is 10.3. The number of carbonyl (C=O) groups is 1. The number of likely N-dealkylation sites (tertiary alicyclic amines) is 1. The number of rotatable bonds is 7. The lowest BCUT2D eigenvalue weighted by Crippen LogP contribution is -2.39. The van der Waals surface area contributed by atoms with Gasteiger partial charge in [0.05, 0.1) is 13.2 Å². The summed E-state index contributed by atoms with van der Waals surface area (Å²) in [5.41, 5.74) is 0.338. The molecule has 0 radical (unpaired) electrons. The standard InChI is InChI=1S/C21H30N4O3/c1-14(2)13-28-21(26)25-7-4-16(5-8-25)19-10-17(19)6-9-27-20-11-18(12-22)23-15(3)24-20/h11,14,16-17,19H,4-10,13H2,1-3H3. The van der Waals surface area contributed by atoms with E-state index in [1.165, 1.54) is 6.42 Å². The molecule has 3 rings (SSSR count). The predicted molar refractivity (Wildman–Crippen MR) is 104 cm³/mol. The Hall–Kier alpha value is -2.36. The second-order valence-corrected chi connectivity index (χ2v) is 8.34. The molecule has 2 unspecified atom stereocenters. The number of ether oxygens (including phenoxy) is 2. The molecule has 1 amide bonds. The summed E-state index contributed by atoms with van der Waals surface area (Å²) in [5, 5.41) is 8.97. The average molecular weight is 386 g/mol. The lowest BCUT2D eigenvalue weighted by Gasteiger charge is -2.31. The molecule has 7 nitrogen and oxygen atoms in total. The van der Waals surface area contributed by atoms with E-state index in [9.17, 15) is 4.79 Å². The highest BCUT2D eigenvalue weighted by molar-refractivity contribution is 5.67. The molecular weight excluding hydrogens is 356 g/mol. The van der Waals surface area contributed by atoms with Crippen LogP contribution in [0.15, 0.2) is 6.07 Å². The number of piperidine rings is 1. The summed E-state index contributed by atoms with van der Waals surface area (Å²) in [6.45, 7) is 8.57. The van der Waals surface area contributed by atoms with Crippen molar-refractivity contribution < 1.29 is 14.3 Å². The van der Waals surface area contributed by atoms with Gasteiger partial charge in [0.15, 0.2) is 0 Å². The van der Waals surface area contributed by atoms with E-state index in [4.69, 9.17) is 14.7 Å². The molecule has 7 heteroatoms. The van der Waals surface area contributed by atoms with Gasteiger partial charge in [0.1, 0.15) is 17.6 Å². The van der Waals surface area contributed by atoms with Crippen LogP contribution in [0.25, 0.3) is 0 Å². The molecule has 1 aliphatic heterocycles. The number of aryl methyl sites for hydroxylation is 1. The zero-order chi connectivity index (χ0) is 20.1. The summed E-state index contributed by atoms with van der Waals surface area (Å²) < 4.78 is 11.1. The SMILES string of the molecule is Cc1nc(C#N)cc(OCCC2CC2C2CCN(C(=O)OCC(C)C)CC2)n1. The molecule has 1 aromatic heterocycles. The quantitative estimate of drug-likeness (QED) is 0.712. The highest BCUT2D eigenvalue weighted by Crippen LogP contribution is 2.49. The van der Waals surface area contributed by atoms with Gasteiger partial charge < -0.3 is 14.4 Å². The lowest BCUT2D eigenvalue weighted by molar-refractivity contribution is 0.0765. The minimum atomic E-state index is -0.162. The lowest BCUT2D eigenvalue weighted by atomic mass is 9.91. The van der Waals surface area contributed by atoms with Gasteiger partial charge in [-0.3, -0.25) is 0 Å². The second-order valence-electron chi connectivity index (χ2n) is 8.34. The minimum absolute atomic E-state index is 0.162. The Morgan fingerprint density at radius 3 is 2.79 bits per heavy atom. The summed E-state index contributed by atoms with van der Waals surface area (Å²) >= 11 is 0. The van der Waals surface area contributed by atoms with Gasteiger partial charge in [0.2, 0.25) is 5.88 Å². The van der Waals surface area contributed by atoms with Crippen LogP contribution in [0.1, 0.15) is 51.0 Å². The van der Waals surface area contributed by atoms with Crippen molar-refractivity contribution in [3.05, 3.63) is 17.6 Å². The molecule has 2 aliphatic rings. The van der Waals surface area contributed by atoms with E-state index in [2.05, 4.69) is 9.97 Å². The third-order valence-electron chi connectivity index (χ3n) is 5.59. The van der Waals surface area contributed by atoms with Gasteiger partial charge in [-0.05, 0) is 56.3 Å². The second kappa shape index (κ2) is 9.22. The molecule has 2 fully saturated rings. The van der Waals surface area contributed by atoms with Crippen LogP contribution < -0.4 is 4.74 Å². The molecule has 2 heterocycles. The highest BCUT2D eigenvalue weighted by Gasteiger charge is 2.43. The van der Waals surface area contributed by atoms with Crippen molar-refractivity contribution in [3.8, 4) is 11.9 Å². The third-order valence-corrected chi connectivity index (χ3v) is 5.59. The molecule has 1 saturated carbocycles. The first-order chi connectivity index (χ1) is 13.5. The van der Waals surface area contributed by atoms with Crippen molar-refractivity contribution >= 4 is 6.09 Å². The summed E-state index contributed by atoms with van der Waals surface area (Å²) in [6, 6.07) is 3.62. The summed E-state index contributed by atoms with van der Waals surface area (Å²) in [6.07, 6.45) is 4.22. The maximum Gasteiger partial charge on any atom is 0.409 e. The van der Waals surface area contributed by atoms with Crippen molar-refractivity contribution in [2.45, 2.75) is 46.5 Å². The summed E-state index contributed by atoms with van der Waals surface area (Å²) in [4.78, 5) is 22.2. The van der Waals surface area contributed by atoms with Crippen LogP contribution in [0.4, 0.5) is 4.79 Å². The molecule has 1 aromatic rings. The number of hydrogen-bond acceptors (Lipinski definition) is 6. The molecule has 1 saturated heterocycles. The van der Waals surface area contributed by atoms with Crippen molar-refractivity contribution in [2.24, 2.45) is 23.7 Å². The van der Waals surface area contributed by atoms with Gasteiger partial charge in [-0.15, -0.1) is 0 Å². The Bertz CT molecular complexity index is 723. The van der Waals surface area contributed by atoms with Crippen molar-refractivity contribution in [2.75, 3.05) is 26.3 Å². The van der Waals surface area contributed by atoms with E-state index in [0.717, 1.165) is 38.3 Å². The molecule has 0 aromatic carbocycles. The van der Waals surface area contributed by atoms with Crippen LogP contribution in [0.3, 0.4) is 0 Å². The maximum atomic E-state index is 12.1. The van der Waals surface area contributed by atoms with Gasteiger partial charge >= 0.3 is 6.09 Å². The van der Waals surface area contributed by atoms with E-state index < -0.39 is 0 Å². The number of nitrogens with zero attached hydrogens (tertiary/aromatic N) is 4. The first-order valence-electron chi connectivity index (χ1n) is 10.3. The van der Waals surface area contributed by atoms with Crippen molar-refractivity contribution in [3.63, 3.8) is 0 Å². The fraction of sp³-hybridized carbons (Fsp3) is 0.714. The number of carbonyl (C=O) groups excluding carboxylic acids is 1. The number of nitriles is 1. The van der Waals surface area contributed by atoms with Crippen molar-refractivity contribution in [1.29, 1.82) is 5.26 Å². The molecule has 2 atom stereocenters. The summed E-state index contributed by atoms with van der Waals surface area (Å²) in [5.74, 6) is 3.55. The van der Waals surface area contributed by atoms with Gasteiger partial charge in [-0.2, -0.15) is 10.2 Å². The van der Waals surface area contributed by atoms with Crippen LogP contribution >= 0.6 is 0 Å². The van der Waals surface area contributed by atoms with Crippen LogP contribution in [0, 0.1) is 41.9 Å². The van der Waals surface area contributed by atoms with E-state index in [-0.39, 0.29) is 6.09 Å². The van der Waals surface area contributed by atoms with Crippen LogP contribution in [0.2, 0.25) is 0 Å². The van der Waals surface area contributed by atoms with Crippen LogP contribution in [-0.4, -0.2) is 47.3 Å². The van der Waals surface area contributed by atoms with E-state index in [1.807, 2.05) is 24.8 Å². The number of aromatic nitrogens is 2. The molecular formula is C21H30N4O3. The van der Waals surface area contributed by atoms with Crippen LogP contribution in [-0.2, 0) is 4.74 Å². The van der Waals surface area contributed by atoms with Gasteiger partial charge in [0, 0.05) is 19.2 Å². The smallest absolute Gasteiger partial charge is 0.409 e. The van der Waals surface area contributed by atoms with Gasteiger partial charge in [-0.1, -0.05) is 13.8 Å². The third kappa shape index (κ3) is 5.57. The summed E-state index contributed by atoms with van der Waals surface area (Å²) in [7, 11) is 0.